The molecule has 0 amide bonds. The number of carbonyl (C=O) groups is 3. The average Bonchev–Trinajstić information content (AvgIpc) is 3.26. The van der Waals surface area contributed by atoms with E-state index < -0.39 is 17.9 Å². The van der Waals surface area contributed by atoms with E-state index >= 15 is 0 Å². The number of carboxylic acids is 3. The van der Waals surface area contributed by atoms with E-state index in [9.17, 15) is 19.5 Å². The van der Waals surface area contributed by atoms with Gasteiger partial charge in [0.25, 0.3) is 0 Å². The van der Waals surface area contributed by atoms with Crippen LogP contribution in [0.5, 0.6) is 0 Å². The summed E-state index contributed by atoms with van der Waals surface area (Å²) in [7, 11) is 0. The molecule has 64 heavy (non-hydrogen) atoms. The van der Waals surface area contributed by atoms with Gasteiger partial charge in [0.15, 0.2) is 0 Å². The Bertz CT molecular complexity index is 735. The maximum atomic E-state index is 10.3. The van der Waals surface area contributed by atoms with Gasteiger partial charge in [-0.1, -0.05) is 290 Å². The van der Waals surface area contributed by atoms with Crippen molar-refractivity contribution in [2.24, 2.45) is 0 Å². The third kappa shape index (κ3) is 87.9. The Morgan fingerprint density at radius 3 is 0.547 bits per heavy atom. The first-order chi connectivity index (χ1) is 30.3. The van der Waals surface area contributed by atoms with E-state index in [-0.39, 0.29) is 41.5 Å². The van der Waals surface area contributed by atoms with Crippen molar-refractivity contribution >= 4 is 17.9 Å². The second kappa shape index (κ2) is 73.7. The monoisotopic (exact) mass is 921 g/mol. The Hall–Kier alpha value is -0.890. The van der Waals surface area contributed by atoms with Gasteiger partial charge in [-0.2, -0.15) is 0 Å². The van der Waals surface area contributed by atoms with Gasteiger partial charge in [-0.3, -0.25) is 9.59 Å². The van der Waals surface area contributed by atoms with Crippen LogP contribution in [-0.2, 0) is 14.4 Å². The molecule has 0 unspecified atom stereocenters. The number of carbonyl (C=O) groups excluding carboxylic acids is 1. The zero-order chi connectivity index (χ0) is 46.7. The molecule has 0 aliphatic rings. The number of rotatable bonds is 48. The minimum absolute atomic E-state index is 0. The van der Waals surface area contributed by atoms with Crippen molar-refractivity contribution in [1.29, 1.82) is 0 Å². The molecule has 4 N–H and O–H groups in total. The summed E-state index contributed by atoms with van der Waals surface area (Å²) in [5.41, 5.74) is 0. The van der Waals surface area contributed by atoms with Crippen molar-refractivity contribution < 1.29 is 64.7 Å². The number of unbranched alkanes of at least 4 members (excludes halogenated alkanes) is 42. The van der Waals surface area contributed by atoms with Crippen molar-refractivity contribution in [3.63, 3.8) is 0 Å². The molecule has 0 bridgehead atoms. The predicted molar refractivity (Wildman–Crippen MR) is 274 cm³/mol. The van der Waals surface area contributed by atoms with Crippen LogP contribution in [0, 0.1) is 0 Å². The smallest absolute Gasteiger partial charge is 0.550 e. The zero-order valence-corrected chi connectivity index (χ0v) is 45.9. The fraction of sp³-hybridized carbons (Fsp3) is 0.911. The summed E-state index contributed by atoms with van der Waals surface area (Å²) in [4.78, 5) is 30.9. The first-order valence-electron chi connectivity index (χ1n) is 27.4. The Morgan fingerprint density at radius 2 is 0.422 bits per heavy atom. The van der Waals surface area contributed by atoms with Crippen LogP contribution in [0.3, 0.4) is 0 Å². The molecule has 0 aromatic carbocycles. The molecule has 0 aromatic rings. The van der Waals surface area contributed by atoms with Crippen molar-refractivity contribution in [2.45, 2.75) is 329 Å². The van der Waals surface area contributed by atoms with Gasteiger partial charge in [-0.25, -0.2) is 0 Å². The van der Waals surface area contributed by atoms with Gasteiger partial charge in [0.1, 0.15) is 0 Å². The normalized spacial score (nSPS) is 10.2. The van der Waals surface area contributed by atoms with Crippen LogP contribution in [0.25, 0.3) is 0 Å². The quantitative estimate of drug-likeness (QED) is 0.0353. The molecular formula is C56H113NaO7. The Labute approximate surface area is 422 Å². The molecule has 0 fully saturated rings. The third-order valence-electron chi connectivity index (χ3n) is 12.0. The Balaban J connectivity index is -0.000000190. The molecule has 0 rings (SSSR count). The zero-order valence-electron chi connectivity index (χ0n) is 43.9. The van der Waals surface area contributed by atoms with Gasteiger partial charge in [0, 0.05) is 18.8 Å². The second-order valence-electron chi connectivity index (χ2n) is 18.3. The Morgan fingerprint density at radius 1 is 0.297 bits per heavy atom. The van der Waals surface area contributed by atoms with Crippen LogP contribution >= 0.6 is 0 Å². The third-order valence-corrected chi connectivity index (χ3v) is 12.0. The molecule has 0 radical (unpaired) electrons. The Kier molecular flexibility index (Phi) is 85.9. The van der Waals surface area contributed by atoms with E-state index in [1.807, 2.05) is 0 Å². The number of hydrogen-bond donors (Lipinski definition) is 2. The van der Waals surface area contributed by atoms with Crippen LogP contribution in [0.2, 0.25) is 0 Å². The van der Waals surface area contributed by atoms with Gasteiger partial charge >= 0.3 is 41.5 Å². The molecule has 0 atom stereocenters. The van der Waals surface area contributed by atoms with Crippen molar-refractivity contribution in [3.8, 4) is 0 Å². The van der Waals surface area contributed by atoms with Crippen LogP contribution in [0.1, 0.15) is 329 Å². The minimum atomic E-state index is -0.903. The summed E-state index contributed by atoms with van der Waals surface area (Å²) in [5, 5.41) is 27.3. The van der Waals surface area contributed by atoms with Gasteiger partial charge in [-0.15, -0.1) is 13.2 Å². The van der Waals surface area contributed by atoms with Crippen molar-refractivity contribution in [1.82, 2.24) is 0 Å². The molecule has 380 valence electrons. The number of hydrogen-bond acceptors (Lipinski definition) is 4. The van der Waals surface area contributed by atoms with E-state index in [1.165, 1.54) is 250 Å². The maximum absolute atomic E-state index is 10.3. The topological polar surface area (TPSA) is 146 Å². The van der Waals surface area contributed by atoms with Crippen molar-refractivity contribution in [2.75, 3.05) is 0 Å². The minimum Gasteiger partial charge on any atom is -0.550 e. The molecule has 0 saturated heterocycles. The first kappa shape index (κ1) is 74.6. The molecule has 8 heteroatoms. The van der Waals surface area contributed by atoms with Crippen LogP contribution < -0.4 is 34.7 Å². The molecule has 0 spiro atoms. The maximum Gasteiger partial charge on any atom is 1.00 e. The van der Waals surface area contributed by atoms with E-state index in [4.69, 9.17) is 10.2 Å². The van der Waals surface area contributed by atoms with Gasteiger partial charge in [-0.05, 0) is 25.7 Å². The van der Waals surface area contributed by atoms with E-state index in [0.717, 1.165) is 38.5 Å². The van der Waals surface area contributed by atoms with E-state index in [2.05, 4.69) is 33.9 Å². The molecule has 0 aliphatic carbocycles. The summed E-state index contributed by atoms with van der Waals surface area (Å²) in [6, 6.07) is 0. The summed E-state index contributed by atoms with van der Waals surface area (Å²) >= 11 is 0. The van der Waals surface area contributed by atoms with Gasteiger partial charge in [0.2, 0.25) is 0 Å². The van der Waals surface area contributed by atoms with Crippen LogP contribution in [-0.4, -0.2) is 33.6 Å². The predicted octanol–water partition coefficient (Wildman–Crippen LogP) is 14.6. The van der Waals surface area contributed by atoms with Crippen LogP contribution in [0.4, 0.5) is 0 Å². The standard InChI is InChI=1S/3C18H36O2.C2H4.Na.H2O/c3*1-2-3-4-5-6-7-8-9-10-11-12-13-14-15-16-17-18(19)20;1-2;;/h3*2-17H2,1H3,(H,19,20);1-2H2;;1H2/q;;;;+1;/p-1. The van der Waals surface area contributed by atoms with Gasteiger partial charge in [0.05, 0.1) is 0 Å². The fourth-order valence-electron chi connectivity index (χ4n) is 7.94. The van der Waals surface area contributed by atoms with Gasteiger partial charge < -0.3 is 25.6 Å². The SMILES string of the molecule is C=C.CCCCCCCCCCCCCCCCCC(=O)O.CCCCCCCCCCCCCCCCCC(=O)O.CCCCCCCCCCCCCCCCCC(=O)[O-].O.[Na+]. The fourth-order valence-corrected chi connectivity index (χ4v) is 7.94. The summed E-state index contributed by atoms with van der Waals surface area (Å²) in [5.74, 6) is -2.21. The average molecular weight is 922 g/mol. The molecular weight excluding hydrogens is 808 g/mol. The number of aliphatic carboxylic acids is 3. The summed E-state index contributed by atoms with van der Waals surface area (Å²) < 4.78 is 0. The first-order valence-corrected chi connectivity index (χ1v) is 27.4. The molecule has 0 aromatic heterocycles. The largest absolute Gasteiger partial charge is 1.00 e. The molecule has 0 aliphatic heterocycles. The van der Waals surface area contributed by atoms with Crippen molar-refractivity contribution in [3.05, 3.63) is 13.2 Å². The molecule has 0 heterocycles. The summed E-state index contributed by atoms with van der Waals surface area (Å²) in [6.45, 7) is 12.8. The summed E-state index contributed by atoms with van der Waals surface area (Å²) in [6.07, 6.45) is 60.3. The molecule has 7 nitrogen and oxygen atoms in total. The molecule has 0 saturated carbocycles. The van der Waals surface area contributed by atoms with E-state index in [0.29, 0.717) is 12.8 Å². The second-order valence-corrected chi connectivity index (χ2v) is 18.3. The number of carboxylic acid groups (broad SMARTS) is 3. The van der Waals surface area contributed by atoms with E-state index in [1.54, 1.807) is 0 Å². The van der Waals surface area contributed by atoms with Crippen LogP contribution in [0.15, 0.2) is 13.2 Å².